The molecule has 48 heavy (non-hydrogen) atoms. The first-order chi connectivity index (χ1) is 23.5. The van der Waals surface area contributed by atoms with Crippen molar-refractivity contribution in [3.63, 3.8) is 0 Å². The van der Waals surface area contributed by atoms with Crippen LogP contribution in [-0.2, 0) is 4.79 Å². The van der Waals surface area contributed by atoms with Gasteiger partial charge in [-0.1, -0.05) is 193 Å². The number of rotatable bonds is 38. The number of aliphatic hydroxyl groups excluding tert-OH is 4. The fourth-order valence-electron chi connectivity index (χ4n) is 6.57. The Morgan fingerprint density at radius 2 is 0.833 bits per heavy atom. The quantitative estimate of drug-likeness (QED) is 0.0329. The fourth-order valence-corrected chi connectivity index (χ4v) is 6.57. The Hall–Kier alpha value is -0.950. The van der Waals surface area contributed by atoms with E-state index in [1.807, 2.05) is 0 Å². The van der Waals surface area contributed by atoms with Crippen molar-refractivity contribution in [2.45, 2.75) is 244 Å². The number of nitrogens with one attached hydrogen (secondary N) is 1. The van der Waals surface area contributed by atoms with Gasteiger partial charge >= 0.3 is 0 Å². The molecule has 0 saturated carbocycles. The monoisotopic (exact) mass is 682 g/mol. The van der Waals surface area contributed by atoms with Crippen LogP contribution in [0.5, 0.6) is 0 Å². The molecule has 0 spiro atoms. The normalized spacial score (nSPS) is 14.4. The molecule has 0 radical (unpaired) electrons. The van der Waals surface area contributed by atoms with Crippen LogP contribution in [0.1, 0.15) is 219 Å². The number of carbonyl (C=O) groups excluding carboxylic acids is 1. The van der Waals surface area contributed by atoms with Gasteiger partial charge in [0.25, 0.3) is 0 Å². The van der Waals surface area contributed by atoms with E-state index in [2.05, 4.69) is 31.3 Å². The van der Waals surface area contributed by atoms with Gasteiger partial charge in [0.05, 0.1) is 18.8 Å². The molecule has 6 nitrogen and oxygen atoms in total. The lowest BCUT2D eigenvalue weighted by molar-refractivity contribution is -0.132. The highest BCUT2D eigenvalue weighted by Gasteiger charge is 2.28. The summed E-state index contributed by atoms with van der Waals surface area (Å²) in [6.07, 6.45) is 39.5. The maximum atomic E-state index is 12.5. The number of hydrogen-bond donors (Lipinski definition) is 5. The van der Waals surface area contributed by atoms with E-state index in [4.69, 9.17) is 0 Å². The maximum Gasteiger partial charge on any atom is 0.249 e. The summed E-state index contributed by atoms with van der Waals surface area (Å²) >= 11 is 0. The first-order valence-electron chi connectivity index (χ1n) is 21.1. The van der Waals surface area contributed by atoms with Crippen LogP contribution >= 0.6 is 0 Å². The summed E-state index contributed by atoms with van der Waals surface area (Å²) in [4.78, 5) is 12.5. The zero-order chi connectivity index (χ0) is 35.3. The molecule has 0 saturated heterocycles. The standard InChI is InChI=1S/C42H83NO5/c1-3-5-7-9-11-13-15-17-19-20-21-22-24-25-27-29-31-33-35-39(45)41(47)38(37-44)43-42(48)40(46)36-34-32-30-28-26-23-18-16-14-12-10-8-6-4-2/h14,16,38-41,44-47H,3-13,15,17-37H2,1-2H3,(H,43,48)/b16-14-. The van der Waals surface area contributed by atoms with Gasteiger partial charge in [0, 0.05) is 0 Å². The smallest absolute Gasteiger partial charge is 0.249 e. The van der Waals surface area contributed by atoms with Gasteiger partial charge in [0.1, 0.15) is 12.2 Å². The zero-order valence-electron chi connectivity index (χ0n) is 32.0. The van der Waals surface area contributed by atoms with Crippen LogP contribution in [0.15, 0.2) is 12.2 Å². The lowest BCUT2D eigenvalue weighted by Crippen LogP contribution is -2.53. The number of hydrogen-bond acceptors (Lipinski definition) is 5. The van der Waals surface area contributed by atoms with Crippen molar-refractivity contribution in [1.82, 2.24) is 5.32 Å². The van der Waals surface area contributed by atoms with Gasteiger partial charge in [-0.15, -0.1) is 0 Å². The zero-order valence-corrected chi connectivity index (χ0v) is 32.0. The number of aliphatic hydroxyl groups is 4. The van der Waals surface area contributed by atoms with Crippen LogP contribution in [0.25, 0.3) is 0 Å². The summed E-state index contributed by atoms with van der Waals surface area (Å²) in [5.74, 6) is -0.588. The molecule has 0 aromatic rings. The Morgan fingerprint density at radius 1 is 0.500 bits per heavy atom. The second-order valence-electron chi connectivity index (χ2n) is 14.7. The second-order valence-corrected chi connectivity index (χ2v) is 14.7. The topological polar surface area (TPSA) is 110 Å². The van der Waals surface area contributed by atoms with Crippen LogP contribution in [0.3, 0.4) is 0 Å². The van der Waals surface area contributed by atoms with E-state index in [0.717, 1.165) is 44.9 Å². The molecule has 6 heteroatoms. The summed E-state index contributed by atoms with van der Waals surface area (Å²) in [5.41, 5.74) is 0. The SMILES string of the molecule is CCCCCC/C=C\CCCCCCCCC(O)C(=O)NC(CO)C(O)C(O)CCCCCCCCCCCCCCCCCCCC. The molecule has 0 aliphatic carbocycles. The number of unbranched alkanes of at least 4 members (excludes halogenated alkanes) is 27. The minimum Gasteiger partial charge on any atom is -0.394 e. The van der Waals surface area contributed by atoms with Crippen molar-refractivity contribution in [2.75, 3.05) is 6.61 Å². The molecule has 1 amide bonds. The average molecular weight is 682 g/mol. The van der Waals surface area contributed by atoms with Crippen molar-refractivity contribution >= 4 is 5.91 Å². The van der Waals surface area contributed by atoms with E-state index in [0.29, 0.717) is 12.8 Å². The molecule has 286 valence electrons. The van der Waals surface area contributed by atoms with E-state index in [1.165, 1.54) is 148 Å². The van der Waals surface area contributed by atoms with Crippen LogP contribution in [0, 0.1) is 0 Å². The molecule has 0 fully saturated rings. The van der Waals surface area contributed by atoms with Crippen molar-refractivity contribution in [3.8, 4) is 0 Å². The van der Waals surface area contributed by atoms with Crippen LogP contribution in [0.2, 0.25) is 0 Å². The molecule has 5 N–H and O–H groups in total. The van der Waals surface area contributed by atoms with Crippen molar-refractivity contribution in [3.05, 3.63) is 12.2 Å². The predicted molar refractivity (Wildman–Crippen MR) is 205 cm³/mol. The molecule has 0 aromatic carbocycles. The van der Waals surface area contributed by atoms with Gasteiger partial charge in [0.15, 0.2) is 0 Å². The summed E-state index contributed by atoms with van der Waals surface area (Å²) in [6.45, 7) is 4.03. The summed E-state index contributed by atoms with van der Waals surface area (Å²) in [6, 6.07) is -0.983. The first-order valence-corrected chi connectivity index (χ1v) is 21.1. The molecule has 0 rings (SSSR count). The molecule has 0 aliphatic rings. The van der Waals surface area contributed by atoms with Crippen LogP contribution in [0.4, 0.5) is 0 Å². The minimum atomic E-state index is -1.26. The number of amides is 1. The maximum absolute atomic E-state index is 12.5. The van der Waals surface area contributed by atoms with Crippen molar-refractivity contribution in [2.24, 2.45) is 0 Å². The molecular weight excluding hydrogens is 598 g/mol. The molecule has 4 unspecified atom stereocenters. The molecular formula is C42H83NO5. The Balaban J connectivity index is 3.74. The fraction of sp³-hybridized carbons (Fsp3) is 0.929. The summed E-state index contributed by atoms with van der Waals surface area (Å²) < 4.78 is 0. The van der Waals surface area contributed by atoms with E-state index in [9.17, 15) is 25.2 Å². The highest BCUT2D eigenvalue weighted by atomic mass is 16.3. The largest absolute Gasteiger partial charge is 0.394 e. The summed E-state index contributed by atoms with van der Waals surface area (Å²) in [5, 5.41) is 43.6. The minimum absolute atomic E-state index is 0.364. The van der Waals surface area contributed by atoms with Gasteiger partial charge in [-0.3, -0.25) is 4.79 Å². The first kappa shape index (κ1) is 47.0. The Morgan fingerprint density at radius 3 is 1.23 bits per heavy atom. The highest BCUT2D eigenvalue weighted by Crippen LogP contribution is 2.16. The van der Waals surface area contributed by atoms with Gasteiger partial charge < -0.3 is 25.7 Å². The summed E-state index contributed by atoms with van der Waals surface area (Å²) in [7, 11) is 0. The van der Waals surface area contributed by atoms with Crippen LogP contribution in [-0.4, -0.2) is 57.3 Å². The number of carbonyl (C=O) groups is 1. The van der Waals surface area contributed by atoms with Gasteiger partial charge in [-0.25, -0.2) is 0 Å². The Bertz CT molecular complexity index is 687. The Labute approximate surface area is 298 Å². The Kier molecular flexibility index (Phi) is 36.6. The third-order valence-corrected chi connectivity index (χ3v) is 9.98. The predicted octanol–water partition coefficient (Wildman–Crippen LogP) is 10.6. The van der Waals surface area contributed by atoms with Gasteiger partial charge in [-0.05, 0) is 38.5 Å². The van der Waals surface area contributed by atoms with Gasteiger partial charge in [0.2, 0.25) is 5.91 Å². The van der Waals surface area contributed by atoms with Crippen molar-refractivity contribution in [1.29, 1.82) is 0 Å². The van der Waals surface area contributed by atoms with Crippen LogP contribution < -0.4 is 5.32 Å². The molecule has 0 heterocycles. The van der Waals surface area contributed by atoms with E-state index in [1.54, 1.807) is 0 Å². The second kappa shape index (κ2) is 37.3. The molecule has 0 aliphatic heterocycles. The molecule has 0 bridgehead atoms. The molecule has 4 atom stereocenters. The lowest BCUT2D eigenvalue weighted by Gasteiger charge is -2.27. The van der Waals surface area contributed by atoms with Gasteiger partial charge in [-0.2, -0.15) is 0 Å². The number of allylic oxidation sites excluding steroid dienone is 2. The average Bonchev–Trinajstić information content (AvgIpc) is 3.09. The van der Waals surface area contributed by atoms with Crippen molar-refractivity contribution < 1.29 is 25.2 Å². The van der Waals surface area contributed by atoms with E-state index < -0.39 is 36.9 Å². The van der Waals surface area contributed by atoms with E-state index in [-0.39, 0.29) is 0 Å². The third-order valence-electron chi connectivity index (χ3n) is 9.98. The molecule has 0 aromatic heterocycles. The third kappa shape index (κ3) is 31.1. The lowest BCUT2D eigenvalue weighted by atomic mass is 9.99. The highest BCUT2D eigenvalue weighted by molar-refractivity contribution is 5.80. The van der Waals surface area contributed by atoms with E-state index >= 15 is 0 Å².